The normalized spacial score (nSPS) is 12.7. The van der Waals surface area contributed by atoms with E-state index in [1.54, 1.807) is 29.1 Å². The summed E-state index contributed by atoms with van der Waals surface area (Å²) in [6, 6.07) is 13.3. The maximum Gasteiger partial charge on any atom is 0.255 e. The summed E-state index contributed by atoms with van der Waals surface area (Å²) in [7, 11) is 2.11. The zero-order chi connectivity index (χ0) is 19.3. The Bertz CT molecular complexity index is 1260. The van der Waals surface area contributed by atoms with Gasteiger partial charge in [0, 0.05) is 61.7 Å². The Hall–Kier alpha value is -2.31. The van der Waals surface area contributed by atoms with Crippen LogP contribution in [0.2, 0.25) is 5.02 Å². The molecule has 0 bridgehead atoms. The predicted octanol–water partition coefficient (Wildman–Crippen LogP) is 4.53. The van der Waals surface area contributed by atoms with Crippen LogP contribution in [0, 0.1) is 0 Å². The van der Waals surface area contributed by atoms with E-state index in [4.69, 9.17) is 11.6 Å². The minimum atomic E-state index is -0.0887. The summed E-state index contributed by atoms with van der Waals surface area (Å²) in [5, 5.41) is 5.27. The third-order valence-electron chi connectivity index (χ3n) is 5.48. The van der Waals surface area contributed by atoms with Gasteiger partial charge in [-0.3, -0.25) is 14.3 Å². The van der Waals surface area contributed by atoms with Crippen molar-refractivity contribution in [1.82, 2.24) is 19.4 Å². The van der Waals surface area contributed by atoms with E-state index in [0.717, 1.165) is 42.0 Å². The minimum absolute atomic E-state index is 0. The number of hydrogen-bond donors (Lipinski definition) is 1. The van der Waals surface area contributed by atoms with Crippen molar-refractivity contribution in [3.8, 4) is 16.9 Å². The van der Waals surface area contributed by atoms with Crippen LogP contribution in [0.15, 0.2) is 59.7 Å². The molecular weight excluding hydrogens is 443 g/mol. The second kappa shape index (κ2) is 8.82. The molecule has 1 aliphatic rings. The molecule has 8 heteroatoms. The van der Waals surface area contributed by atoms with Crippen molar-refractivity contribution in [2.24, 2.45) is 7.05 Å². The molecule has 0 unspecified atom stereocenters. The van der Waals surface area contributed by atoms with Gasteiger partial charge in [0.05, 0.1) is 21.9 Å². The van der Waals surface area contributed by atoms with Crippen LogP contribution < -0.4 is 10.9 Å². The van der Waals surface area contributed by atoms with Gasteiger partial charge >= 0.3 is 0 Å². The maximum atomic E-state index is 12.8. The van der Waals surface area contributed by atoms with Crippen LogP contribution in [-0.2, 0) is 20.0 Å². The summed E-state index contributed by atoms with van der Waals surface area (Å²) in [6.07, 6.45) is 4.42. The molecule has 156 valence electrons. The number of pyridine rings is 2. The van der Waals surface area contributed by atoms with E-state index in [1.807, 2.05) is 18.2 Å². The molecule has 0 radical (unpaired) electrons. The van der Waals surface area contributed by atoms with Gasteiger partial charge in [-0.2, -0.15) is 0 Å². The summed E-state index contributed by atoms with van der Waals surface area (Å²) < 4.78 is 3.93. The molecule has 3 aromatic heterocycles. The largest absolute Gasteiger partial charge is 0.347 e. The zero-order valence-corrected chi connectivity index (χ0v) is 18.7. The first-order chi connectivity index (χ1) is 13.6. The van der Waals surface area contributed by atoms with Gasteiger partial charge < -0.3 is 9.88 Å². The fraction of sp³-hybridized carbons (Fsp3) is 0.182. The van der Waals surface area contributed by atoms with Gasteiger partial charge in [-0.25, -0.2) is 0 Å². The maximum absolute atomic E-state index is 12.8. The van der Waals surface area contributed by atoms with Gasteiger partial charge in [0.1, 0.15) is 0 Å². The number of rotatable bonds is 2. The lowest BCUT2D eigenvalue weighted by Gasteiger charge is -2.14. The van der Waals surface area contributed by atoms with E-state index in [9.17, 15) is 4.79 Å². The standard InChI is InChI=1S/C22H19ClN4O.2ClH/c1-26-20-6-8-24-13-18(20)17-4-3-16(11-21(17)26)27-9-7-14(10-22(27)28)19-5-2-15(23)12-25-19;;/h2-5,7,9-12,24H,6,8,13H2,1H3;2*1H. The molecule has 0 aliphatic carbocycles. The molecular formula is C22H21Cl3N4O. The molecule has 5 rings (SSSR count). The van der Waals surface area contributed by atoms with Crippen molar-refractivity contribution in [3.05, 3.63) is 81.5 Å². The highest BCUT2D eigenvalue weighted by Crippen LogP contribution is 2.29. The van der Waals surface area contributed by atoms with E-state index in [-0.39, 0.29) is 30.4 Å². The lowest BCUT2D eigenvalue weighted by Crippen LogP contribution is -2.24. The highest BCUT2D eigenvalue weighted by Gasteiger charge is 2.18. The van der Waals surface area contributed by atoms with Crippen molar-refractivity contribution in [2.75, 3.05) is 6.54 Å². The average Bonchev–Trinajstić information content (AvgIpc) is 3.01. The number of aryl methyl sites for hydroxylation is 1. The lowest BCUT2D eigenvalue weighted by atomic mass is 10.1. The second-order valence-electron chi connectivity index (χ2n) is 7.10. The van der Waals surface area contributed by atoms with Gasteiger partial charge in [-0.1, -0.05) is 17.7 Å². The monoisotopic (exact) mass is 462 g/mol. The summed E-state index contributed by atoms with van der Waals surface area (Å²) in [5.74, 6) is 0. The predicted molar refractivity (Wildman–Crippen MR) is 127 cm³/mol. The molecule has 0 fully saturated rings. The Morgan fingerprint density at radius 2 is 1.93 bits per heavy atom. The van der Waals surface area contributed by atoms with Crippen LogP contribution in [0.4, 0.5) is 0 Å². The summed E-state index contributed by atoms with van der Waals surface area (Å²) in [5.41, 5.74) is 6.18. The molecule has 0 spiro atoms. The summed E-state index contributed by atoms with van der Waals surface area (Å²) in [6.45, 7) is 1.90. The Labute approximate surface area is 191 Å². The van der Waals surface area contributed by atoms with Gasteiger partial charge in [0.2, 0.25) is 0 Å². The quantitative estimate of drug-likeness (QED) is 0.475. The van der Waals surface area contributed by atoms with E-state index >= 15 is 0 Å². The highest BCUT2D eigenvalue weighted by molar-refractivity contribution is 6.30. The number of benzene rings is 1. The van der Waals surface area contributed by atoms with Gasteiger partial charge in [-0.15, -0.1) is 24.8 Å². The van der Waals surface area contributed by atoms with E-state index < -0.39 is 0 Å². The number of nitrogens with one attached hydrogen (secondary N) is 1. The van der Waals surface area contributed by atoms with Gasteiger partial charge in [-0.05, 0) is 35.9 Å². The molecule has 1 aliphatic heterocycles. The van der Waals surface area contributed by atoms with Crippen molar-refractivity contribution in [3.63, 3.8) is 0 Å². The molecule has 0 amide bonds. The molecule has 30 heavy (non-hydrogen) atoms. The number of hydrogen-bond acceptors (Lipinski definition) is 3. The first-order valence-corrected chi connectivity index (χ1v) is 9.65. The van der Waals surface area contributed by atoms with E-state index in [2.05, 4.69) is 34.0 Å². The van der Waals surface area contributed by atoms with Crippen LogP contribution in [0.3, 0.4) is 0 Å². The fourth-order valence-electron chi connectivity index (χ4n) is 4.04. The highest BCUT2D eigenvalue weighted by atomic mass is 35.5. The topological polar surface area (TPSA) is 51.9 Å². The summed E-state index contributed by atoms with van der Waals surface area (Å²) >= 11 is 5.90. The zero-order valence-electron chi connectivity index (χ0n) is 16.3. The smallest absolute Gasteiger partial charge is 0.255 e. The Kier molecular flexibility index (Phi) is 6.58. The van der Waals surface area contributed by atoms with Crippen molar-refractivity contribution >= 4 is 47.3 Å². The van der Waals surface area contributed by atoms with E-state index in [0.29, 0.717) is 5.02 Å². The van der Waals surface area contributed by atoms with Gasteiger partial charge in [0.25, 0.3) is 5.56 Å². The van der Waals surface area contributed by atoms with Crippen molar-refractivity contribution in [1.29, 1.82) is 0 Å². The lowest BCUT2D eigenvalue weighted by molar-refractivity contribution is 0.622. The minimum Gasteiger partial charge on any atom is -0.347 e. The van der Waals surface area contributed by atoms with Crippen molar-refractivity contribution < 1.29 is 0 Å². The van der Waals surface area contributed by atoms with E-state index in [1.165, 1.54) is 16.6 Å². The first-order valence-electron chi connectivity index (χ1n) is 9.28. The third-order valence-corrected chi connectivity index (χ3v) is 5.71. The van der Waals surface area contributed by atoms with Crippen LogP contribution in [-0.4, -0.2) is 20.7 Å². The molecule has 4 aromatic rings. The first kappa shape index (κ1) is 22.4. The Morgan fingerprint density at radius 1 is 1.10 bits per heavy atom. The van der Waals surface area contributed by atoms with Gasteiger partial charge in [0.15, 0.2) is 0 Å². The molecule has 4 heterocycles. The van der Waals surface area contributed by atoms with Crippen LogP contribution in [0.1, 0.15) is 11.3 Å². The van der Waals surface area contributed by atoms with Crippen LogP contribution >= 0.6 is 36.4 Å². The van der Waals surface area contributed by atoms with Crippen LogP contribution in [0.25, 0.3) is 27.8 Å². The third kappa shape index (κ3) is 3.74. The summed E-state index contributed by atoms with van der Waals surface area (Å²) in [4.78, 5) is 17.1. The molecule has 5 nitrogen and oxygen atoms in total. The van der Waals surface area contributed by atoms with Crippen LogP contribution in [0.5, 0.6) is 0 Å². The SMILES string of the molecule is Cl.Cl.Cn1c2c(c3ccc(-n4ccc(-c5ccc(Cl)cn5)cc4=O)cc31)CNCC2. The molecule has 1 aromatic carbocycles. The number of nitrogens with zero attached hydrogens (tertiary/aromatic N) is 3. The molecule has 0 saturated carbocycles. The fourth-order valence-corrected chi connectivity index (χ4v) is 4.15. The molecule has 0 atom stereocenters. The molecule has 0 saturated heterocycles. The number of halogens is 3. The number of fused-ring (bicyclic) bond motifs is 3. The second-order valence-corrected chi connectivity index (χ2v) is 7.53. The molecule has 1 N–H and O–H groups in total. The average molecular weight is 464 g/mol. The Morgan fingerprint density at radius 3 is 2.67 bits per heavy atom. The van der Waals surface area contributed by atoms with Crippen molar-refractivity contribution in [2.45, 2.75) is 13.0 Å². The number of aromatic nitrogens is 3. The Balaban J connectivity index is 0.00000128.